The lowest BCUT2D eigenvalue weighted by atomic mass is 9.59. The molecular formula is C40H24Cl2F3NO3. The summed E-state index contributed by atoms with van der Waals surface area (Å²) in [6.07, 6.45) is -4.72. The molecule has 0 aromatic heterocycles. The first kappa shape index (κ1) is 31.3. The van der Waals surface area contributed by atoms with Crippen LogP contribution in [0.1, 0.15) is 27.8 Å². The Balaban J connectivity index is 1.53. The van der Waals surface area contributed by atoms with Crippen molar-refractivity contribution in [3.63, 3.8) is 0 Å². The van der Waals surface area contributed by atoms with Gasteiger partial charge in [-0.1, -0.05) is 114 Å². The number of hydrogen-bond acceptors (Lipinski definition) is 3. The molecule has 9 heteroatoms. The van der Waals surface area contributed by atoms with Crippen LogP contribution in [0.3, 0.4) is 0 Å². The first-order chi connectivity index (χ1) is 23.5. The molecule has 2 bridgehead atoms. The predicted molar refractivity (Wildman–Crippen MR) is 182 cm³/mol. The largest absolute Gasteiger partial charge is 0.416 e. The summed E-state index contributed by atoms with van der Waals surface area (Å²) in [5.41, 5.74) is -1.36. The zero-order chi connectivity index (χ0) is 34.3. The molecule has 3 aliphatic rings. The van der Waals surface area contributed by atoms with Gasteiger partial charge in [0.05, 0.1) is 33.9 Å². The minimum Gasteiger partial charge on any atom is -0.297 e. The monoisotopic (exact) mass is 693 g/mol. The Morgan fingerprint density at radius 2 is 0.980 bits per heavy atom. The minimum atomic E-state index is -4.72. The lowest BCUT2D eigenvalue weighted by Crippen LogP contribution is -2.45. The van der Waals surface area contributed by atoms with Crippen LogP contribution >= 0.6 is 23.2 Å². The van der Waals surface area contributed by atoms with Gasteiger partial charge < -0.3 is 0 Å². The van der Waals surface area contributed by atoms with E-state index in [1.807, 2.05) is 60.7 Å². The molecule has 242 valence electrons. The number of benzene rings is 5. The summed E-state index contributed by atoms with van der Waals surface area (Å²) in [6, 6.07) is 35.9. The van der Waals surface area contributed by atoms with E-state index in [0.717, 1.165) is 17.0 Å². The van der Waals surface area contributed by atoms with E-state index in [2.05, 4.69) is 0 Å². The Kier molecular flexibility index (Phi) is 7.04. The maximum Gasteiger partial charge on any atom is 0.416 e. The fourth-order valence-corrected chi connectivity index (χ4v) is 8.69. The SMILES string of the molecule is O=C1[C@@H]2[C@H](C(=O)N1c1cccc(C(F)(F)F)c1)[C@]1(c3ccc(Cl)cc3)C(=O)[C@@]2(c2ccc(Cl)cc2)C(c2ccccc2)=C1c1ccccc1. The minimum absolute atomic E-state index is 0.217. The Morgan fingerprint density at radius 3 is 1.39 bits per heavy atom. The molecule has 49 heavy (non-hydrogen) atoms. The highest BCUT2D eigenvalue weighted by atomic mass is 35.5. The number of anilines is 1. The van der Waals surface area contributed by atoms with Gasteiger partial charge in [-0.15, -0.1) is 0 Å². The summed E-state index contributed by atoms with van der Waals surface area (Å²) in [5, 5.41) is 0.800. The molecule has 8 rings (SSSR count). The summed E-state index contributed by atoms with van der Waals surface area (Å²) in [7, 11) is 0. The topological polar surface area (TPSA) is 54.5 Å². The van der Waals surface area contributed by atoms with Gasteiger partial charge in [0.25, 0.3) is 0 Å². The van der Waals surface area contributed by atoms with Gasteiger partial charge in [0, 0.05) is 10.0 Å². The van der Waals surface area contributed by atoms with Crippen LogP contribution in [-0.2, 0) is 31.4 Å². The van der Waals surface area contributed by atoms with E-state index < -0.39 is 46.2 Å². The van der Waals surface area contributed by atoms with Crippen molar-refractivity contribution in [1.29, 1.82) is 0 Å². The highest BCUT2D eigenvalue weighted by Gasteiger charge is 2.82. The normalized spacial score (nSPS) is 24.6. The average Bonchev–Trinajstić information content (AvgIpc) is 3.61. The molecule has 4 nitrogen and oxygen atoms in total. The fraction of sp³-hybridized carbons (Fsp3) is 0.125. The smallest absolute Gasteiger partial charge is 0.297 e. The van der Waals surface area contributed by atoms with Crippen molar-refractivity contribution in [2.75, 3.05) is 4.90 Å². The van der Waals surface area contributed by atoms with Gasteiger partial charge in [-0.3, -0.25) is 14.4 Å². The number of nitrogens with zero attached hydrogens (tertiary/aromatic N) is 1. The standard InChI is InChI=1S/C40H24Cl2F3NO3/c41-28-18-14-25(15-19-28)38-31(23-8-3-1-4-9-23)32(24-10-5-2-6-11-24)39(37(38)49,26-16-20-29(42)21-17-26)34-33(38)35(47)46(36(34)48)30-13-7-12-27(22-30)40(43,44)45/h1-22,33-34H/t33-,34+,38-,39+. The van der Waals surface area contributed by atoms with Crippen LogP contribution in [0.2, 0.25) is 10.0 Å². The second-order valence-electron chi connectivity index (χ2n) is 12.5. The summed E-state index contributed by atoms with van der Waals surface area (Å²) >= 11 is 12.7. The molecule has 0 spiro atoms. The quantitative estimate of drug-likeness (QED) is 0.173. The van der Waals surface area contributed by atoms with Crippen LogP contribution in [-0.4, -0.2) is 17.6 Å². The van der Waals surface area contributed by atoms with Crippen molar-refractivity contribution in [2.45, 2.75) is 17.0 Å². The third-order valence-corrected chi connectivity index (χ3v) is 10.7. The van der Waals surface area contributed by atoms with Gasteiger partial charge in [-0.05, 0) is 75.9 Å². The molecule has 1 aliphatic heterocycles. The number of rotatable bonds is 5. The molecule has 5 aromatic carbocycles. The van der Waals surface area contributed by atoms with Crippen molar-refractivity contribution in [2.24, 2.45) is 11.8 Å². The van der Waals surface area contributed by atoms with E-state index in [-0.39, 0.29) is 11.5 Å². The second kappa shape index (κ2) is 11.0. The van der Waals surface area contributed by atoms with E-state index in [9.17, 15) is 22.8 Å². The Morgan fingerprint density at radius 1 is 0.551 bits per heavy atom. The number of hydrogen-bond donors (Lipinski definition) is 0. The lowest BCUT2D eigenvalue weighted by molar-refractivity contribution is -0.137. The maximum atomic E-state index is 15.9. The molecule has 2 aliphatic carbocycles. The van der Waals surface area contributed by atoms with Crippen LogP contribution in [0, 0.1) is 11.8 Å². The van der Waals surface area contributed by atoms with E-state index in [0.29, 0.717) is 43.4 Å². The van der Waals surface area contributed by atoms with Gasteiger partial charge in [0.15, 0.2) is 5.78 Å². The van der Waals surface area contributed by atoms with Crippen molar-refractivity contribution >= 4 is 57.6 Å². The third-order valence-electron chi connectivity index (χ3n) is 10.1. The number of amides is 2. The van der Waals surface area contributed by atoms with E-state index in [1.54, 1.807) is 48.5 Å². The van der Waals surface area contributed by atoms with E-state index in [1.165, 1.54) is 12.1 Å². The molecule has 1 saturated heterocycles. The number of ketones is 1. The fourth-order valence-electron chi connectivity index (χ4n) is 8.43. The Hall–Kier alpha value is -4.98. The second-order valence-corrected chi connectivity index (χ2v) is 13.3. The van der Waals surface area contributed by atoms with Crippen LogP contribution in [0.25, 0.3) is 11.1 Å². The summed E-state index contributed by atoms with van der Waals surface area (Å²) in [6.45, 7) is 0. The van der Waals surface area contributed by atoms with Gasteiger partial charge in [0.1, 0.15) is 0 Å². The van der Waals surface area contributed by atoms with Crippen molar-refractivity contribution in [1.82, 2.24) is 0 Å². The van der Waals surface area contributed by atoms with Crippen LogP contribution in [0.4, 0.5) is 18.9 Å². The third kappa shape index (κ3) is 4.22. The zero-order valence-corrected chi connectivity index (χ0v) is 26.9. The molecule has 1 saturated carbocycles. The zero-order valence-electron chi connectivity index (χ0n) is 25.4. The molecule has 2 fully saturated rings. The van der Waals surface area contributed by atoms with Crippen LogP contribution in [0.15, 0.2) is 133 Å². The van der Waals surface area contributed by atoms with Crippen LogP contribution in [0.5, 0.6) is 0 Å². The first-order valence-electron chi connectivity index (χ1n) is 15.5. The van der Waals surface area contributed by atoms with Gasteiger partial charge >= 0.3 is 6.18 Å². The predicted octanol–water partition coefficient (Wildman–Crippen LogP) is 9.20. The summed E-state index contributed by atoms with van der Waals surface area (Å²) in [4.78, 5) is 46.7. The molecule has 2 amide bonds. The number of imide groups is 1. The molecular weight excluding hydrogens is 670 g/mol. The van der Waals surface area contributed by atoms with Crippen molar-refractivity contribution < 1.29 is 27.6 Å². The molecule has 1 heterocycles. The number of Topliss-reactive ketones (excluding diaryl/α,β-unsaturated/α-hetero) is 1. The lowest BCUT2D eigenvalue weighted by Gasteiger charge is -2.39. The highest BCUT2D eigenvalue weighted by molar-refractivity contribution is 6.39. The molecule has 0 radical (unpaired) electrons. The molecule has 5 aromatic rings. The number of halogens is 5. The highest BCUT2D eigenvalue weighted by Crippen LogP contribution is 2.74. The molecule has 0 unspecified atom stereocenters. The van der Waals surface area contributed by atoms with Gasteiger partial charge in [-0.25, -0.2) is 4.90 Å². The van der Waals surface area contributed by atoms with Gasteiger partial charge in [0.2, 0.25) is 11.8 Å². The van der Waals surface area contributed by atoms with Gasteiger partial charge in [-0.2, -0.15) is 13.2 Å². The van der Waals surface area contributed by atoms with Crippen LogP contribution < -0.4 is 4.90 Å². The number of alkyl halides is 3. The van der Waals surface area contributed by atoms with Crippen molar-refractivity contribution in [3.8, 4) is 0 Å². The Labute approximate surface area is 289 Å². The molecule has 0 N–H and O–H groups in total. The maximum absolute atomic E-state index is 15.9. The number of carbonyl (C=O) groups excluding carboxylic acids is 3. The Bertz CT molecular complexity index is 2080. The van der Waals surface area contributed by atoms with Crippen molar-refractivity contribution in [3.05, 3.63) is 171 Å². The number of fused-ring (bicyclic) bond motifs is 5. The average molecular weight is 695 g/mol. The number of allylic oxidation sites excluding steroid dienone is 2. The number of carbonyl (C=O) groups is 3. The molecule has 4 atom stereocenters. The summed E-state index contributed by atoms with van der Waals surface area (Å²) < 4.78 is 41.7. The van der Waals surface area contributed by atoms with E-state index in [4.69, 9.17) is 23.2 Å². The summed E-state index contributed by atoms with van der Waals surface area (Å²) in [5.74, 6) is -4.49. The van der Waals surface area contributed by atoms with E-state index >= 15 is 4.79 Å². The first-order valence-corrected chi connectivity index (χ1v) is 16.3.